The van der Waals surface area contributed by atoms with E-state index in [0.717, 1.165) is 38.8 Å². The van der Waals surface area contributed by atoms with Crippen molar-refractivity contribution in [1.29, 1.82) is 0 Å². The van der Waals surface area contributed by atoms with E-state index in [2.05, 4.69) is 10.2 Å². The fourth-order valence-electron chi connectivity index (χ4n) is 2.46. The lowest BCUT2D eigenvalue weighted by atomic mass is 10.1. The van der Waals surface area contributed by atoms with Gasteiger partial charge in [-0.3, -0.25) is 0 Å². The predicted molar refractivity (Wildman–Crippen MR) is 75.6 cm³/mol. The highest BCUT2D eigenvalue weighted by Crippen LogP contribution is 2.32. The van der Waals surface area contributed by atoms with Crippen LogP contribution in [0.15, 0.2) is 18.2 Å². The Bertz CT molecular complexity index is 457. The maximum Gasteiger partial charge on any atom is 0.416 e. The van der Waals surface area contributed by atoms with E-state index in [1.54, 1.807) is 0 Å². The highest BCUT2D eigenvalue weighted by atomic mass is 19.4. The highest BCUT2D eigenvalue weighted by Gasteiger charge is 2.31. The second kappa shape index (κ2) is 7.13. The fraction of sp³-hybridized carbons (Fsp3) is 0.600. The topological polar surface area (TPSA) is 24.5 Å². The molecule has 1 fully saturated rings. The number of piperazine rings is 1. The number of ether oxygens (including phenoxy) is 1. The van der Waals surface area contributed by atoms with Gasteiger partial charge in [-0.2, -0.15) is 13.2 Å². The van der Waals surface area contributed by atoms with Gasteiger partial charge in [0.2, 0.25) is 0 Å². The van der Waals surface area contributed by atoms with Crippen LogP contribution in [0.4, 0.5) is 13.2 Å². The van der Waals surface area contributed by atoms with E-state index in [4.69, 9.17) is 4.74 Å². The average molecular weight is 302 g/mol. The van der Waals surface area contributed by atoms with Crippen molar-refractivity contribution in [1.82, 2.24) is 10.2 Å². The van der Waals surface area contributed by atoms with Crippen LogP contribution >= 0.6 is 0 Å². The summed E-state index contributed by atoms with van der Waals surface area (Å²) in [5.41, 5.74) is 0.0199. The maximum absolute atomic E-state index is 12.8. The lowest BCUT2D eigenvalue weighted by molar-refractivity contribution is -0.137. The molecule has 0 amide bonds. The van der Waals surface area contributed by atoms with Gasteiger partial charge in [-0.25, -0.2) is 0 Å². The van der Waals surface area contributed by atoms with Crippen molar-refractivity contribution in [3.8, 4) is 5.75 Å². The summed E-state index contributed by atoms with van der Waals surface area (Å²) in [6, 6.07) is 3.73. The molecular weight excluding hydrogens is 281 g/mol. The zero-order chi connectivity index (χ0) is 15.3. The molecule has 1 N–H and O–H groups in total. The van der Waals surface area contributed by atoms with Gasteiger partial charge in [-0.05, 0) is 37.1 Å². The number of benzene rings is 1. The third kappa shape index (κ3) is 4.61. The van der Waals surface area contributed by atoms with Gasteiger partial charge >= 0.3 is 6.18 Å². The number of hydrogen-bond acceptors (Lipinski definition) is 3. The fourth-order valence-corrected chi connectivity index (χ4v) is 2.46. The molecule has 0 unspecified atom stereocenters. The van der Waals surface area contributed by atoms with Crippen molar-refractivity contribution in [2.75, 3.05) is 39.3 Å². The Hall–Kier alpha value is -1.27. The Labute approximate surface area is 123 Å². The molecule has 118 valence electrons. The van der Waals surface area contributed by atoms with Crippen LogP contribution in [0.2, 0.25) is 0 Å². The summed E-state index contributed by atoms with van der Waals surface area (Å²) < 4.78 is 43.9. The molecule has 0 bridgehead atoms. The first-order valence-electron chi connectivity index (χ1n) is 7.26. The van der Waals surface area contributed by atoms with E-state index in [1.807, 2.05) is 6.92 Å². The molecule has 1 aromatic carbocycles. The molecular formula is C15H21F3N2O. The smallest absolute Gasteiger partial charge is 0.416 e. The van der Waals surface area contributed by atoms with Gasteiger partial charge in [-0.1, -0.05) is 0 Å². The zero-order valence-corrected chi connectivity index (χ0v) is 12.2. The third-order valence-electron chi connectivity index (χ3n) is 3.59. The Kier molecular flexibility index (Phi) is 5.47. The molecule has 1 aliphatic heterocycles. The quantitative estimate of drug-likeness (QED) is 0.904. The number of rotatable bonds is 5. The minimum atomic E-state index is -4.31. The van der Waals surface area contributed by atoms with Crippen LogP contribution in [-0.2, 0) is 12.6 Å². The summed E-state index contributed by atoms with van der Waals surface area (Å²) in [6.07, 6.45) is -3.74. The molecule has 21 heavy (non-hydrogen) atoms. The molecule has 0 atom stereocenters. The zero-order valence-electron chi connectivity index (χ0n) is 12.2. The van der Waals surface area contributed by atoms with Crippen LogP contribution in [-0.4, -0.2) is 44.2 Å². The third-order valence-corrected chi connectivity index (χ3v) is 3.59. The molecule has 6 heteroatoms. The van der Waals surface area contributed by atoms with Gasteiger partial charge in [0.05, 0.1) is 12.2 Å². The second-order valence-electron chi connectivity index (χ2n) is 5.09. The number of hydrogen-bond donors (Lipinski definition) is 1. The second-order valence-corrected chi connectivity index (χ2v) is 5.09. The van der Waals surface area contributed by atoms with Gasteiger partial charge in [0.15, 0.2) is 0 Å². The Balaban J connectivity index is 2.09. The highest BCUT2D eigenvalue weighted by molar-refractivity contribution is 5.38. The maximum atomic E-state index is 12.8. The van der Waals surface area contributed by atoms with Crippen LogP contribution in [0.5, 0.6) is 5.75 Å². The number of halogens is 3. The molecule has 0 aliphatic carbocycles. The number of alkyl halides is 3. The van der Waals surface area contributed by atoms with Crippen molar-refractivity contribution in [2.24, 2.45) is 0 Å². The van der Waals surface area contributed by atoms with Crippen molar-refractivity contribution >= 4 is 0 Å². The summed E-state index contributed by atoms with van der Waals surface area (Å²) >= 11 is 0. The lowest BCUT2D eigenvalue weighted by Gasteiger charge is -2.27. The summed E-state index contributed by atoms with van der Waals surface area (Å²) in [5.74, 6) is 0.556. The van der Waals surface area contributed by atoms with Crippen molar-refractivity contribution in [3.05, 3.63) is 29.3 Å². The molecule has 3 nitrogen and oxygen atoms in total. The van der Waals surface area contributed by atoms with Crippen molar-refractivity contribution < 1.29 is 17.9 Å². The van der Waals surface area contributed by atoms with Gasteiger partial charge in [0.25, 0.3) is 0 Å². The summed E-state index contributed by atoms with van der Waals surface area (Å²) in [6.45, 7) is 6.76. The minimum absolute atomic E-state index is 0.450. The standard InChI is InChI=1S/C15H21F3N2O/c1-2-21-14-4-3-13(15(16,17)18)11-12(14)5-8-20-9-6-19-7-10-20/h3-4,11,19H,2,5-10H2,1H3. The Morgan fingerprint density at radius 1 is 1.24 bits per heavy atom. The normalized spacial score (nSPS) is 17.0. The van der Waals surface area contributed by atoms with E-state index < -0.39 is 11.7 Å². The SMILES string of the molecule is CCOc1ccc(C(F)(F)F)cc1CCN1CCNCC1. The minimum Gasteiger partial charge on any atom is -0.494 e. The summed E-state index contributed by atoms with van der Waals surface area (Å²) in [5, 5.41) is 3.26. The van der Waals surface area contributed by atoms with Gasteiger partial charge in [-0.15, -0.1) is 0 Å². The van der Waals surface area contributed by atoms with Gasteiger partial charge in [0.1, 0.15) is 5.75 Å². The average Bonchev–Trinajstić information content (AvgIpc) is 2.46. The summed E-state index contributed by atoms with van der Waals surface area (Å²) in [4.78, 5) is 2.26. The molecule has 0 saturated carbocycles. The number of nitrogens with one attached hydrogen (secondary N) is 1. The summed E-state index contributed by atoms with van der Waals surface area (Å²) in [7, 11) is 0. The van der Waals surface area contributed by atoms with Crippen LogP contribution < -0.4 is 10.1 Å². The lowest BCUT2D eigenvalue weighted by Crippen LogP contribution is -2.44. The van der Waals surface area contributed by atoms with Gasteiger partial charge < -0.3 is 15.0 Å². The van der Waals surface area contributed by atoms with Crippen LogP contribution in [0.25, 0.3) is 0 Å². The molecule has 1 saturated heterocycles. The van der Waals surface area contributed by atoms with E-state index in [9.17, 15) is 13.2 Å². The molecule has 0 spiro atoms. The Morgan fingerprint density at radius 3 is 2.57 bits per heavy atom. The van der Waals surface area contributed by atoms with Crippen LogP contribution in [0, 0.1) is 0 Å². The molecule has 2 rings (SSSR count). The Morgan fingerprint density at radius 2 is 1.95 bits per heavy atom. The van der Waals surface area contributed by atoms with Crippen LogP contribution in [0.1, 0.15) is 18.1 Å². The van der Waals surface area contributed by atoms with E-state index >= 15 is 0 Å². The number of nitrogens with zero attached hydrogens (tertiary/aromatic N) is 1. The van der Waals surface area contributed by atoms with E-state index in [0.29, 0.717) is 24.3 Å². The molecule has 0 aromatic heterocycles. The molecule has 1 heterocycles. The predicted octanol–water partition coefficient (Wildman–Crippen LogP) is 2.55. The van der Waals surface area contributed by atoms with E-state index in [-0.39, 0.29) is 0 Å². The molecule has 1 aliphatic rings. The van der Waals surface area contributed by atoms with Crippen LogP contribution in [0.3, 0.4) is 0 Å². The molecule has 0 radical (unpaired) electrons. The molecule has 1 aromatic rings. The first-order valence-corrected chi connectivity index (χ1v) is 7.26. The first-order chi connectivity index (χ1) is 10.0. The van der Waals surface area contributed by atoms with Crippen molar-refractivity contribution in [2.45, 2.75) is 19.5 Å². The van der Waals surface area contributed by atoms with Crippen molar-refractivity contribution in [3.63, 3.8) is 0 Å². The largest absolute Gasteiger partial charge is 0.494 e. The monoisotopic (exact) mass is 302 g/mol. The van der Waals surface area contributed by atoms with E-state index in [1.165, 1.54) is 12.1 Å². The van der Waals surface area contributed by atoms with Gasteiger partial charge in [0, 0.05) is 32.7 Å². The first kappa shape index (κ1) is 16.1.